The van der Waals surface area contributed by atoms with Crippen LogP contribution in [0.25, 0.3) is 0 Å². The van der Waals surface area contributed by atoms with Crippen molar-refractivity contribution < 1.29 is 18.0 Å². The van der Waals surface area contributed by atoms with Gasteiger partial charge in [-0.3, -0.25) is 4.79 Å². The summed E-state index contributed by atoms with van der Waals surface area (Å²) in [6.07, 6.45) is -1.96. The number of nitrogens with one attached hydrogen (secondary N) is 2. The van der Waals surface area contributed by atoms with Gasteiger partial charge >= 0.3 is 6.18 Å². The number of aromatic nitrogens is 2. The van der Waals surface area contributed by atoms with Crippen molar-refractivity contribution in [2.45, 2.75) is 25.4 Å². The highest BCUT2D eigenvalue weighted by molar-refractivity contribution is 6.30. The monoisotopic (exact) mass is 413 g/mol. The SMILES string of the molecule is O=C1CCCN1CCCNc1nc(Nc2cccc(Cl)c2)ncc1C(F)(F)F. The zero-order valence-electron chi connectivity index (χ0n) is 14.9. The van der Waals surface area contributed by atoms with Crippen LogP contribution < -0.4 is 10.6 Å². The van der Waals surface area contributed by atoms with Crippen molar-refractivity contribution >= 4 is 35.0 Å². The number of alkyl halides is 3. The van der Waals surface area contributed by atoms with Gasteiger partial charge in [-0.15, -0.1) is 0 Å². The van der Waals surface area contributed by atoms with Crippen molar-refractivity contribution in [3.63, 3.8) is 0 Å². The van der Waals surface area contributed by atoms with Crippen LogP contribution in [0.5, 0.6) is 0 Å². The van der Waals surface area contributed by atoms with Crippen LogP contribution in [0.2, 0.25) is 5.02 Å². The highest BCUT2D eigenvalue weighted by Gasteiger charge is 2.35. The molecule has 0 bridgehead atoms. The average molecular weight is 414 g/mol. The van der Waals surface area contributed by atoms with Crippen LogP contribution in [0.3, 0.4) is 0 Å². The highest BCUT2D eigenvalue weighted by atomic mass is 35.5. The summed E-state index contributed by atoms with van der Waals surface area (Å²) in [7, 11) is 0. The number of hydrogen-bond acceptors (Lipinski definition) is 5. The zero-order chi connectivity index (χ0) is 20.1. The number of carbonyl (C=O) groups is 1. The number of anilines is 3. The van der Waals surface area contributed by atoms with Gasteiger partial charge in [-0.2, -0.15) is 18.2 Å². The van der Waals surface area contributed by atoms with Gasteiger partial charge in [0, 0.05) is 43.0 Å². The first-order chi connectivity index (χ1) is 13.3. The van der Waals surface area contributed by atoms with Crippen molar-refractivity contribution in [1.82, 2.24) is 14.9 Å². The Labute approximate surface area is 165 Å². The molecule has 2 aromatic rings. The van der Waals surface area contributed by atoms with Crippen LogP contribution >= 0.6 is 11.6 Å². The van der Waals surface area contributed by atoms with E-state index >= 15 is 0 Å². The van der Waals surface area contributed by atoms with E-state index in [4.69, 9.17) is 11.6 Å². The van der Waals surface area contributed by atoms with Gasteiger partial charge in [-0.1, -0.05) is 17.7 Å². The standard InChI is InChI=1S/C18H19ClF3N5O/c19-12-4-1-5-13(10-12)25-17-24-11-14(18(20,21)22)16(26-17)23-7-3-9-27-8-2-6-15(27)28/h1,4-5,10-11H,2-3,6-9H2,(H2,23,24,25,26). The Balaban J connectivity index is 1.68. The number of amides is 1. The summed E-state index contributed by atoms with van der Waals surface area (Å²) in [5, 5.41) is 6.04. The Kier molecular flexibility index (Phi) is 6.23. The minimum Gasteiger partial charge on any atom is -0.369 e. The van der Waals surface area contributed by atoms with Crippen molar-refractivity contribution in [3.8, 4) is 0 Å². The van der Waals surface area contributed by atoms with E-state index in [-0.39, 0.29) is 24.2 Å². The van der Waals surface area contributed by atoms with Crippen LogP contribution in [-0.4, -0.2) is 40.4 Å². The summed E-state index contributed by atoms with van der Waals surface area (Å²) < 4.78 is 39.8. The van der Waals surface area contributed by atoms with Crippen LogP contribution in [-0.2, 0) is 11.0 Å². The van der Waals surface area contributed by atoms with E-state index in [9.17, 15) is 18.0 Å². The molecule has 2 N–H and O–H groups in total. The van der Waals surface area contributed by atoms with Gasteiger partial charge in [-0.05, 0) is 31.0 Å². The van der Waals surface area contributed by atoms with E-state index in [1.165, 1.54) is 0 Å². The molecular formula is C18H19ClF3N5O. The molecule has 1 amide bonds. The van der Waals surface area contributed by atoms with Crippen molar-refractivity contribution in [2.24, 2.45) is 0 Å². The average Bonchev–Trinajstić information content (AvgIpc) is 3.03. The lowest BCUT2D eigenvalue weighted by Crippen LogP contribution is -2.27. The summed E-state index contributed by atoms with van der Waals surface area (Å²) in [4.78, 5) is 21.0. The Morgan fingerprint density at radius 1 is 1.29 bits per heavy atom. The van der Waals surface area contributed by atoms with Gasteiger partial charge < -0.3 is 15.5 Å². The molecule has 150 valence electrons. The Hall–Kier alpha value is -2.55. The minimum atomic E-state index is -4.58. The third kappa shape index (κ3) is 5.25. The summed E-state index contributed by atoms with van der Waals surface area (Å²) in [5.74, 6) is -0.196. The lowest BCUT2D eigenvalue weighted by Gasteiger charge is -2.17. The molecule has 0 atom stereocenters. The highest BCUT2D eigenvalue weighted by Crippen LogP contribution is 2.34. The van der Waals surface area contributed by atoms with E-state index in [2.05, 4.69) is 20.6 Å². The molecule has 1 aliphatic rings. The predicted octanol–water partition coefficient (Wildman–Crippen LogP) is 4.32. The van der Waals surface area contributed by atoms with E-state index < -0.39 is 11.7 Å². The first kappa shape index (κ1) is 20.2. The normalized spacial score (nSPS) is 14.4. The second-order valence-electron chi connectivity index (χ2n) is 6.35. The van der Waals surface area contributed by atoms with E-state index in [0.717, 1.165) is 12.6 Å². The Morgan fingerprint density at radius 3 is 2.79 bits per heavy atom. The van der Waals surface area contributed by atoms with Gasteiger partial charge in [0.1, 0.15) is 11.4 Å². The van der Waals surface area contributed by atoms with Crippen LogP contribution in [0.1, 0.15) is 24.8 Å². The summed E-state index contributed by atoms with van der Waals surface area (Å²) in [6.45, 7) is 1.46. The third-order valence-electron chi connectivity index (χ3n) is 4.24. The van der Waals surface area contributed by atoms with Crippen LogP contribution in [0.4, 0.5) is 30.6 Å². The van der Waals surface area contributed by atoms with E-state index in [1.807, 2.05) is 0 Å². The van der Waals surface area contributed by atoms with Gasteiger partial charge in [0.15, 0.2) is 0 Å². The fourth-order valence-corrected chi connectivity index (χ4v) is 3.09. The predicted molar refractivity (Wildman–Crippen MR) is 101 cm³/mol. The van der Waals surface area contributed by atoms with Gasteiger partial charge in [0.25, 0.3) is 0 Å². The van der Waals surface area contributed by atoms with Crippen molar-refractivity contribution in [2.75, 3.05) is 30.3 Å². The molecular weight excluding hydrogens is 395 g/mol. The van der Waals surface area contributed by atoms with Crippen molar-refractivity contribution in [1.29, 1.82) is 0 Å². The summed E-state index contributed by atoms with van der Waals surface area (Å²) in [6, 6.07) is 6.70. The quantitative estimate of drug-likeness (QED) is 0.662. The second kappa shape index (κ2) is 8.64. The smallest absolute Gasteiger partial charge is 0.369 e. The van der Waals surface area contributed by atoms with Gasteiger partial charge in [0.05, 0.1) is 0 Å². The number of halogens is 4. The van der Waals surface area contributed by atoms with Gasteiger partial charge in [-0.25, -0.2) is 4.98 Å². The molecule has 10 heteroatoms. The molecule has 28 heavy (non-hydrogen) atoms. The molecule has 1 aliphatic heterocycles. The summed E-state index contributed by atoms with van der Waals surface area (Å²) in [5.41, 5.74) is -0.382. The third-order valence-corrected chi connectivity index (χ3v) is 4.48. The molecule has 0 spiro atoms. The second-order valence-corrected chi connectivity index (χ2v) is 6.79. The van der Waals surface area contributed by atoms with E-state index in [1.54, 1.807) is 29.2 Å². The molecule has 1 fully saturated rings. The maximum absolute atomic E-state index is 13.3. The van der Waals surface area contributed by atoms with Crippen molar-refractivity contribution in [3.05, 3.63) is 41.0 Å². The number of carbonyl (C=O) groups excluding carboxylic acids is 1. The fraction of sp³-hybridized carbons (Fsp3) is 0.389. The first-order valence-electron chi connectivity index (χ1n) is 8.81. The zero-order valence-corrected chi connectivity index (χ0v) is 15.6. The number of likely N-dealkylation sites (tertiary alicyclic amines) is 1. The summed E-state index contributed by atoms with van der Waals surface area (Å²) >= 11 is 5.91. The Bertz CT molecular complexity index is 846. The maximum atomic E-state index is 13.3. The molecule has 6 nitrogen and oxygen atoms in total. The molecule has 3 rings (SSSR count). The fourth-order valence-electron chi connectivity index (χ4n) is 2.90. The molecule has 1 saturated heterocycles. The molecule has 0 saturated carbocycles. The Morgan fingerprint density at radius 2 is 2.11 bits per heavy atom. The van der Waals surface area contributed by atoms with Crippen LogP contribution in [0.15, 0.2) is 30.5 Å². The topological polar surface area (TPSA) is 70.2 Å². The molecule has 1 aromatic carbocycles. The lowest BCUT2D eigenvalue weighted by atomic mass is 10.3. The van der Waals surface area contributed by atoms with Gasteiger partial charge in [0.2, 0.25) is 11.9 Å². The number of benzene rings is 1. The maximum Gasteiger partial charge on any atom is 0.421 e. The molecule has 1 aromatic heterocycles. The first-order valence-corrected chi connectivity index (χ1v) is 9.19. The molecule has 0 unspecified atom stereocenters. The van der Waals surface area contributed by atoms with Crippen LogP contribution in [0, 0.1) is 0 Å². The van der Waals surface area contributed by atoms with E-state index in [0.29, 0.717) is 36.6 Å². The number of rotatable bonds is 7. The lowest BCUT2D eigenvalue weighted by molar-refractivity contribution is -0.137. The molecule has 2 heterocycles. The number of nitrogens with zero attached hydrogens (tertiary/aromatic N) is 3. The largest absolute Gasteiger partial charge is 0.421 e. The molecule has 0 radical (unpaired) electrons. The minimum absolute atomic E-state index is 0.0208. The number of hydrogen-bond donors (Lipinski definition) is 2. The molecule has 0 aliphatic carbocycles.